The quantitative estimate of drug-likeness (QED) is 0.597. The van der Waals surface area contributed by atoms with Crippen molar-refractivity contribution in [1.82, 2.24) is 5.32 Å². The predicted octanol–water partition coefficient (Wildman–Crippen LogP) is 1.57. The highest BCUT2D eigenvalue weighted by Crippen LogP contribution is 2.05. The van der Waals surface area contributed by atoms with E-state index in [1.807, 2.05) is 0 Å². The molecule has 0 aliphatic rings. The molecule has 5 heteroatoms. The van der Waals surface area contributed by atoms with E-state index in [1.54, 1.807) is 19.1 Å². The Bertz CT molecular complexity index is 311. The van der Waals surface area contributed by atoms with E-state index < -0.39 is 0 Å². The van der Waals surface area contributed by atoms with E-state index in [-0.39, 0.29) is 5.91 Å². The molecule has 0 aromatic carbocycles. The lowest BCUT2D eigenvalue weighted by Crippen LogP contribution is -2.27. The van der Waals surface area contributed by atoms with Crippen molar-refractivity contribution in [2.75, 3.05) is 25.6 Å². The summed E-state index contributed by atoms with van der Waals surface area (Å²) in [4.78, 5) is 11.4. The van der Waals surface area contributed by atoms with Crippen LogP contribution < -0.4 is 5.32 Å². The van der Waals surface area contributed by atoms with Gasteiger partial charge in [-0.15, -0.1) is 11.6 Å². The van der Waals surface area contributed by atoms with E-state index in [1.165, 1.54) is 0 Å². The van der Waals surface area contributed by atoms with Gasteiger partial charge in [-0.25, -0.2) is 0 Å². The van der Waals surface area contributed by atoms with Crippen LogP contribution in [0.2, 0.25) is 0 Å². The molecule has 1 aromatic heterocycles. The minimum atomic E-state index is -0.224. The summed E-state index contributed by atoms with van der Waals surface area (Å²) in [5, 5.41) is 2.67. The van der Waals surface area contributed by atoms with Crippen LogP contribution in [-0.4, -0.2) is 31.5 Å². The maximum absolute atomic E-state index is 11.4. The molecule has 0 fully saturated rings. The summed E-state index contributed by atoms with van der Waals surface area (Å²) in [5.74, 6) is 1.28. The Morgan fingerprint density at radius 1 is 1.53 bits per heavy atom. The maximum Gasteiger partial charge on any atom is 0.287 e. The number of furan rings is 1. The topological polar surface area (TPSA) is 51.5 Å². The third-order valence-corrected chi connectivity index (χ3v) is 1.87. The largest absolute Gasteiger partial charge is 0.456 e. The Kier molecular flexibility index (Phi) is 5.21. The normalized spacial score (nSPS) is 10.3. The molecule has 1 amide bonds. The molecule has 0 atom stereocenters. The average molecular weight is 232 g/mol. The molecule has 1 aromatic rings. The smallest absolute Gasteiger partial charge is 0.287 e. The fourth-order valence-corrected chi connectivity index (χ4v) is 1.15. The van der Waals surface area contributed by atoms with Crippen LogP contribution in [0.5, 0.6) is 0 Å². The summed E-state index contributed by atoms with van der Waals surface area (Å²) in [7, 11) is 0. The third-order valence-electron chi connectivity index (χ3n) is 1.72. The van der Waals surface area contributed by atoms with Gasteiger partial charge in [0, 0.05) is 12.4 Å². The Balaban J connectivity index is 2.19. The molecule has 0 spiro atoms. The summed E-state index contributed by atoms with van der Waals surface area (Å²) < 4.78 is 10.2. The molecule has 1 N–H and O–H groups in total. The molecule has 0 saturated heterocycles. The molecule has 84 valence electrons. The number of alkyl halides is 1. The van der Waals surface area contributed by atoms with Crippen LogP contribution in [0.3, 0.4) is 0 Å². The number of amides is 1. The van der Waals surface area contributed by atoms with Gasteiger partial charge < -0.3 is 14.5 Å². The van der Waals surface area contributed by atoms with Crippen molar-refractivity contribution in [3.05, 3.63) is 23.7 Å². The molecule has 4 nitrogen and oxygen atoms in total. The highest BCUT2D eigenvalue weighted by molar-refractivity contribution is 6.17. The minimum absolute atomic E-state index is 0.224. The van der Waals surface area contributed by atoms with Gasteiger partial charge in [0.1, 0.15) is 5.76 Å². The first-order chi connectivity index (χ1) is 7.24. The first-order valence-corrected chi connectivity index (χ1v) is 5.26. The Morgan fingerprint density at radius 3 is 2.93 bits per heavy atom. The van der Waals surface area contributed by atoms with Crippen LogP contribution >= 0.6 is 11.6 Å². The monoisotopic (exact) mass is 231 g/mol. The van der Waals surface area contributed by atoms with Crippen LogP contribution in [-0.2, 0) is 4.74 Å². The van der Waals surface area contributed by atoms with Gasteiger partial charge in [-0.1, -0.05) is 0 Å². The Hall–Kier alpha value is -1.00. The zero-order chi connectivity index (χ0) is 11.1. The summed E-state index contributed by atoms with van der Waals surface area (Å²) in [6, 6.07) is 3.39. The number of hydrogen-bond acceptors (Lipinski definition) is 3. The van der Waals surface area contributed by atoms with Gasteiger partial charge in [0.05, 0.1) is 13.2 Å². The molecule has 0 radical (unpaired) electrons. The summed E-state index contributed by atoms with van der Waals surface area (Å²) in [6.45, 7) is 3.20. The molecule has 0 aliphatic heterocycles. The molecule has 0 bridgehead atoms. The number of ether oxygens (including phenoxy) is 1. The Labute approximate surface area is 93.5 Å². The second-order valence-corrected chi connectivity index (χ2v) is 3.35. The van der Waals surface area contributed by atoms with E-state index in [2.05, 4.69) is 5.32 Å². The van der Waals surface area contributed by atoms with Gasteiger partial charge in [0.2, 0.25) is 0 Å². The SMILES string of the molecule is Cc1ccc(C(=O)NCCOCCCl)o1. The van der Waals surface area contributed by atoms with Crippen LogP contribution in [0.15, 0.2) is 16.5 Å². The van der Waals surface area contributed by atoms with Crippen molar-refractivity contribution in [3.8, 4) is 0 Å². The third kappa shape index (κ3) is 4.36. The van der Waals surface area contributed by atoms with E-state index >= 15 is 0 Å². The number of nitrogens with one attached hydrogen (secondary N) is 1. The lowest BCUT2D eigenvalue weighted by atomic mass is 10.4. The van der Waals surface area contributed by atoms with E-state index in [4.69, 9.17) is 20.8 Å². The predicted molar refractivity (Wildman–Crippen MR) is 57.3 cm³/mol. The average Bonchev–Trinajstić information content (AvgIpc) is 2.64. The fourth-order valence-electron chi connectivity index (χ4n) is 1.04. The highest BCUT2D eigenvalue weighted by atomic mass is 35.5. The van der Waals surface area contributed by atoms with Gasteiger partial charge in [0.15, 0.2) is 5.76 Å². The van der Waals surface area contributed by atoms with Crippen molar-refractivity contribution in [3.63, 3.8) is 0 Å². The van der Waals surface area contributed by atoms with Crippen LogP contribution in [0.1, 0.15) is 16.3 Å². The standard InChI is InChI=1S/C10H14ClNO3/c1-8-2-3-9(15-8)10(13)12-5-7-14-6-4-11/h2-3H,4-7H2,1H3,(H,12,13). The highest BCUT2D eigenvalue weighted by Gasteiger charge is 2.08. The zero-order valence-electron chi connectivity index (χ0n) is 8.59. The van der Waals surface area contributed by atoms with Crippen molar-refractivity contribution < 1.29 is 13.9 Å². The van der Waals surface area contributed by atoms with Crippen LogP contribution in [0.4, 0.5) is 0 Å². The van der Waals surface area contributed by atoms with Crippen LogP contribution in [0, 0.1) is 6.92 Å². The first kappa shape index (κ1) is 12.1. The van der Waals surface area contributed by atoms with Crippen LogP contribution in [0.25, 0.3) is 0 Å². The van der Waals surface area contributed by atoms with Crippen molar-refractivity contribution >= 4 is 17.5 Å². The van der Waals surface area contributed by atoms with Crippen molar-refractivity contribution in [1.29, 1.82) is 0 Å². The van der Waals surface area contributed by atoms with Gasteiger partial charge in [-0.2, -0.15) is 0 Å². The Morgan fingerprint density at radius 2 is 2.33 bits per heavy atom. The second kappa shape index (κ2) is 6.48. The maximum atomic E-state index is 11.4. The van der Waals surface area contributed by atoms with Crippen molar-refractivity contribution in [2.24, 2.45) is 0 Å². The number of halogens is 1. The van der Waals surface area contributed by atoms with E-state index in [9.17, 15) is 4.79 Å². The molecule has 1 heterocycles. The summed E-state index contributed by atoms with van der Waals surface area (Å²) >= 11 is 5.41. The molecule has 0 saturated carbocycles. The van der Waals surface area contributed by atoms with Gasteiger partial charge >= 0.3 is 0 Å². The molecule has 0 aliphatic carbocycles. The second-order valence-electron chi connectivity index (χ2n) is 2.97. The summed E-state index contributed by atoms with van der Waals surface area (Å²) in [5.41, 5.74) is 0. The molecule has 15 heavy (non-hydrogen) atoms. The summed E-state index contributed by atoms with van der Waals surface area (Å²) in [6.07, 6.45) is 0. The molecule has 0 unspecified atom stereocenters. The zero-order valence-corrected chi connectivity index (χ0v) is 9.34. The lowest BCUT2D eigenvalue weighted by Gasteiger charge is -2.03. The number of rotatable bonds is 6. The van der Waals surface area contributed by atoms with E-state index in [0.717, 1.165) is 5.76 Å². The molecule has 1 rings (SSSR count). The first-order valence-electron chi connectivity index (χ1n) is 4.72. The number of aryl methyl sites for hydroxylation is 1. The van der Waals surface area contributed by atoms with Gasteiger partial charge in [-0.05, 0) is 19.1 Å². The minimum Gasteiger partial charge on any atom is -0.456 e. The van der Waals surface area contributed by atoms with Gasteiger partial charge in [0.25, 0.3) is 5.91 Å². The molecular formula is C10H14ClNO3. The molecular weight excluding hydrogens is 218 g/mol. The van der Waals surface area contributed by atoms with E-state index in [0.29, 0.717) is 31.4 Å². The van der Waals surface area contributed by atoms with Crippen molar-refractivity contribution in [2.45, 2.75) is 6.92 Å². The number of hydrogen-bond donors (Lipinski definition) is 1. The lowest BCUT2D eigenvalue weighted by molar-refractivity contribution is 0.0895. The number of carbonyl (C=O) groups is 1. The number of carbonyl (C=O) groups excluding carboxylic acids is 1. The fraction of sp³-hybridized carbons (Fsp3) is 0.500. The van der Waals surface area contributed by atoms with Gasteiger partial charge in [-0.3, -0.25) is 4.79 Å².